The molecular weight excluding hydrogens is 669 g/mol. The van der Waals surface area contributed by atoms with Gasteiger partial charge in [0, 0.05) is 28.1 Å². The molecule has 10 rings (SSSR count). The molecule has 0 aliphatic heterocycles. The molecule has 0 fully saturated rings. The predicted octanol–water partition coefficient (Wildman–Crippen LogP) is 13.5. The van der Waals surface area contributed by atoms with Crippen LogP contribution in [0.1, 0.15) is 0 Å². The fourth-order valence-electron chi connectivity index (χ4n) is 7.68. The van der Waals surface area contributed by atoms with Crippen molar-refractivity contribution in [3.8, 4) is 45.3 Å². The zero-order valence-corrected chi connectivity index (χ0v) is 29.9. The summed E-state index contributed by atoms with van der Waals surface area (Å²) in [6.07, 6.45) is 0. The van der Waals surface area contributed by atoms with E-state index in [0.29, 0.717) is 17.5 Å². The summed E-state index contributed by atoms with van der Waals surface area (Å²) in [5.41, 5.74) is 8.11. The van der Waals surface area contributed by atoms with Crippen molar-refractivity contribution in [1.82, 2.24) is 15.0 Å². The van der Waals surface area contributed by atoms with Gasteiger partial charge in [-0.1, -0.05) is 164 Å². The molecule has 1 heterocycles. The van der Waals surface area contributed by atoms with Crippen LogP contribution in [0.3, 0.4) is 0 Å². The summed E-state index contributed by atoms with van der Waals surface area (Å²) < 4.78 is 0. The van der Waals surface area contributed by atoms with E-state index in [9.17, 15) is 0 Å². The highest BCUT2D eigenvalue weighted by Gasteiger charge is 2.21. The number of nitrogens with zero attached hydrogens (tertiary/aromatic N) is 4. The lowest BCUT2D eigenvalue weighted by atomic mass is 9.93. The van der Waals surface area contributed by atoms with Crippen molar-refractivity contribution in [2.24, 2.45) is 0 Å². The Hall–Kier alpha value is -7.43. The molecule has 0 unspecified atom stereocenters. The molecule has 0 spiro atoms. The van der Waals surface area contributed by atoms with Gasteiger partial charge < -0.3 is 4.90 Å². The highest BCUT2D eigenvalue weighted by molar-refractivity contribution is 6.25. The molecule has 10 aromatic rings. The van der Waals surface area contributed by atoms with Crippen LogP contribution in [0.5, 0.6) is 0 Å². The number of para-hydroxylation sites is 3. The van der Waals surface area contributed by atoms with E-state index in [1.165, 1.54) is 32.3 Å². The first-order valence-corrected chi connectivity index (χ1v) is 18.5. The molecule has 0 saturated heterocycles. The van der Waals surface area contributed by atoms with Gasteiger partial charge in [-0.2, -0.15) is 0 Å². The van der Waals surface area contributed by atoms with Crippen molar-refractivity contribution in [2.75, 3.05) is 4.90 Å². The standard InChI is InChI=1S/C51H34N4/c1-4-16-35(17-5-1)36-28-30-37(31-29-36)49-52-50(38-32-33-45-43-24-11-10-22-41(43)42-23-12-13-25-44(42)47(45)34-38)54-51(53-49)46-26-14-15-27-48(46)55(39-18-6-2-7-19-39)40-20-8-3-9-21-40/h1-34H. The molecule has 0 N–H and O–H groups in total. The normalized spacial score (nSPS) is 11.3. The Morgan fingerprint density at radius 3 is 1.27 bits per heavy atom. The van der Waals surface area contributed by atoms with Gasteiger partial charge in [-0.15, -0.1) is 0 Å². The summed E-state index contributed by atoms with van der Waals surface area (Å²) in [6.45, 7) is 0. The topological polar surface area (TPSA) is 41.9 Å². The number of benzene rings is 9. The molecule has 0 radical (unpaired) electrons. The Morgan fingerprint density at radius 1 is 0.273 bits per heavy atom. The Labute approximate surface area is 319 Å². The monoisotopic (exact) mass is 702 g/mol. The minimum Gasteiger partial charge on any atom is -0.310 e. The van der Waals surface area contributed by atoms with E-state index >= 15 is 0 Å². The van der Waals surface area contributed by atoms with Gasteiger partial charge in [-0.3, -0.25) is 0 Å². The molecule has 0 atom stereocenters. The average Bonchev–Trinajstić information content (AvgIpc) is 3.27. The van der Waals surface area contributed by atoms with E-state index in [1.807, 2.05) is 18.2 Å². The first-order valence-electron chi connectivity index (χ1n) is 18.5. The summed E-state index contributed by atoms with van der Waals surface area (Å²) in [6, 6.07) is 72.1. The van der Waals surface area contributed by atoms with Crippen molar-refractivity contribution in [3.63, 3.8) is 0 Å². The third-order valence-electron chi connectivity index (χ3n) is 10.3. The van der Waals surface area contributed by atoms with E-state index in [1.54, 1.807) is 0 Å². The first-order chi connectivity index (χ1) is 27.3. The van der Waals surface area contributed by atoms with Gasteiger partial charge in [0.1, 0.15) is 0 Å². The second-order valence-corrected chi connectivity index (χ2v) is 13.6. The van der Waals surface area contributed by atoms with Crippen LogP contribution in [0.15, 0.2) is 206 Å². The second kappa shape index (κ2) is 13.8. The number of anilines is 3. The molecule has 0 aliphatic rings. The van der Waals surface area contributed by atoms with Crippen LogP contribution in [0.4, 0.5) is 17.1 Å². The maximum atomic E-state index is 5.30. The van der Waals surface area contributed by atoms with Crippen LogP contribution < -0.4 is 4.90 Å². The van der Waals surface area contributed by atoms with Crippen LogP contribution in [0.2, 0.25) is 0 Å². The van der Waals surface area contributed by atoms with Gasteiger partial charge in [-0.05, 0) is 85.9 Å². The summed E-state index contributed by atoms with van der Waals surface area (Å²) in [5, 5.41) is 7.29. The lowest BCUT2D eigenvalue weighted by Gasteiger charge is -2.27. The Kier molecular flexibility index (Phi) is 8.12. The lowest BCUT2D eigenvalue weighted by molar-refractivity contribution is 1.07. The fraction of sp³-hybridized carbons (Fsp3) is 0. The summed E-state index contributed by atoms with van der Waals surface area (Å²) in [7, 11) is 0. The zero-order chi connectivity index (χ0) is 36.6. The molecule has 4 heteroatoms. The van der Waals surface area contributed by atoms with Gasteiger partial charge in [0.15, 0.2) is 17.5 Å². The third-order valence-corrected chi connectivity index (χ3v) is 10.3. The Balaban J connectivity index is 1.19. The molecule has 0 bridgehead atoms. The number of rotatable bonds is 7. The van der Waals surface area contributed by atoms with E-state index in [4.69, 9.17) is 15.0 Å². The maximum absolute atomic E-state index is 5.30. The molecule has 4 nitrogen and oxygen atoms in total. The van der Waals surface area contributed by atoms with Gasteiger partial charge >= 0.3 is 0 Å². The predicted molar refractivity (Wildman–Crippen MR) is 229 cm³/mol. The molecule has 55 heavy (non-hydrogen) atoms. The molecule has 0 saturated carbocycles. The van der Waals surface area contributed by atoms with E-state index in [0.717, 1.165) is 44.9 Å². The average molecular weight is 703 g/mol. The molecule has 0 aliphatic carbocycles. The smallest absolute Gasteiger partial charge is 0.166 e. The Bertz CT molecular complexity index is 2890. The SMILES string of the molecule is c1ccc(-c2ccc(-c3nc(-c4ccc5c6ccccc6c6ccccc6c5c4)nc(-c4ccccc4N(c4ccccc4)c4ccccc4)n3)cc2)cc1. The van der Waals surface area contributed by atoms with Crippen molar-refractivity contribution < 1.29 is 0 Å². The molecule has 1 aromatic heterocycles. The largest absolute Gasteiger partial charge is 0.310 e. The van der Waals surface area contributed by atoms with Gasteiger partial charge in [0.25, 0.3) is 0 Å². The number of fused-ring (bicyclic) bond motifs is 6. The zero-order valence-electron chi connectivity index (χ0n) is 29.9. The maximum Gasteiger partial charge on any atom is 0.166 e. The highest BCUT2D eigenvalue weighted by atomic mass is 15.2. The Morgan fingerprint density at radius 2 is 0.673 bits per heavy atom. The summed E-state index contributed by atoms with van der Waals surface area (Å²) >= 11 is 0. The summed E-state index contributed by atoms with van der Waals surface area (Å²) in [5.74, 6) is 1.83. The number of hydrogen-bond donors (Lipinski definition) is 0. The molecule has 258 valence electrons. The number of hydrogen-bond acceptors (Lipinski definition) is 4. The van der Waals surface area contributed by atoms with Crippen molar-refractivity contribution in [2.45, 2.75) is 0 Å². The number of aromatic nitrogens is 3. The van der Waals surface area contributed by atoms with Crippen molar-refractivity contribution in [3.05, 3.63) is 206 Å². The quantitative estimate of drug-likeness (QED) is 0.155. The summed E-state index contributed by atoms with van der Waals surface area (Å²) in [4.78, 5) is 18.0. The molecule has 0 amide bonds. The lowest BCUT2D eigenvalue weighted by Crippen LogP contribution is -2.12. The van der Waals surface area contributed by atoms with Gasteiger partial charge in [-0.25, -0.2) is 15.0 Å². The van der Waals surface area contributed by atoms with E-state index in [2.05, 4.69) is 193 Å². The van der Waals surface area contributed by atoms with Crippen LogP contribution in [0, 0.1) is 0 Å². The van der Waals surface area contributed by atoms with Crippen LogP contribution in [0.25, 0.3) is 77.6 Å². The third kappa shape index (κ3) is 5.96. The molecular formula is C51H34N4. The first kappa shape index (κ1) is 32.2. The van der Waals surface area contributed by atoms with Gasteiger partial charge in [0.05, 0.1) is 5.69 Å². The van der Waals surface area contributed by atoms with E-state index in [-0.39, 0.29) is 0 Å². The van der Waals surface area contributed by atoms with Crippen molar-refractivity contribution in [1.29, 1.82) is 0 Å². The minimum atomic E-state index is 0.600. The highest BCUT2D eigenvalue weighted by Crippen LogP contribution is 2.41. The van der Waals surface area contributed by atoms with Crippen LogP contribution >= 0.6 is 0 Å². The van der Waals surface area contributed by atoms with Crippen LogP contribution in [-0.2, 0) is 0 Å². The molecule has 9 aromatic carbocycles. The fourth-order valence-corrected chi connectivity index (χ4v) is 7.68. The second-order valence-electron chi connectivity index (χ2n) is 13.6. The van der Waals surface area contributed by atoms with Crippen LogP contribution in [-0.4, -0.2) is 15.0 Å². The van der Waals surface area contributed by atoms with Crippen molar-refractivity contribution >= 4 is 49.4 Å². The van der Waals surface area contributed by atoms with Gasteiger partial charge in [0.2, 0.25) is 0 Å². The van der Waals surface area contributed by atoms with E-state index < -0.39 is 0 Å². The minimum absolute atomic E-state index is 0.600.